The van der Waals surface area contributed by atoms with E-state index < -0.39 is 0 Å². The molecule has 0 spiro atoms. The van der Waals surface area contributed by atoms with Crippen LogP contribution in [0.1, 0.15) is 16.1 Å². The number of carbonyl (C=O) groups excluding carboxylic acids is 1. The molecule has 3 rings (SSSR count). The van der Waals surface area contributed by atoms with Crippen molar-refractivity contribution in [1.29, 1.82) is 0 Å². The molecule has 0 unspecified atom stereocenters. The second kappa shape index (κ2) is 8.88. The Morgan fingerprint density at radius 3 is 2.59 bits per heavy atom. The molecule has 1 aliphatic rings. The highest BCUT2D eigenvalue weighted by Crippen LogP contribution is 2.13. The molecule has 0 N–H and O–H groups in total. The van der Waals surface area contributed by atoms with E-state index in [2.05, 4.69) is 10.00 Å². The van der Waals surface area contributed by atoms with Gasteiger partial charge in [0.25, 0.3) is 11.5 Å². The molecule has 0 saturated carbocycles. The fourth-order valence-electron chi connectivity index (χ4n) is 3.04. The monoisotopic (exact) mass is 374 g/mol. The Labute approximate surface area is 157 Å². The zero-order valence-electron chi connectivity index (χ0n) is 15.3. The molecule has 0 bridgehead atoms. The zero-order valence-corrected chi connectivity index (χ0v) is 15.3. The Morgan fingerprint density at radius 1 is 1.15 bits per heavy atom. The van der Waals surface area contributed by atoms with E-state index in [1.807, 2.05) is 6.07 Å². The minimum absolute atomic E-state index is 0.202. The van der Waals surface area contributed by atoms with Crippen molar-refractivity contribution in [3.8, 4) is 0 Å². The molecule has 1 aromatic carbocycles. The van der Waals surface area contributed by atoms with Crippen molar-refractivity contribution < 1.29 is 13.9 Å². The van der Waals surface area contributed by atoms with Crippen LogP contribution in [0.25, 0.3) is 0 Å². The topological polar surface area (TPSA) is 67.7 Å². The molecule has 2 aromatic rings. The van der Waals surface area contributed by atoms with Gasteiger partial charge in [-0.3, -0.25) is 14.5 Å². The van der Waals surface area contributed by atoms with E-state index in [1.54, 1.807) is 24.1 Å². The number of hydrogen-bond donors (Lipinski definition) is 0. The molecule has 1 aliphatic heterocycles. The first-order valence-electron chi connectivity index (χ1n) is 8.90. The van der Waals surface area contributed by atoms with E-state index in [0.29, 0.717) is 51.4 Å². The molecule has 0 atom stereocenters. The largest absolute Gasteiger partial charge is 0.383 e. The Bertz CT molecular complexity index is 847. The molecule has 7 nitrogen and oxygen atoms in total. The Balaban J connectivity index is 1.60. The first-order valence-corrected chi connectivity index (χ1v) is 8.90. The van der Waals surface area contributed by atoms with Gasteiger partial charge in [0, 0.05) is 51.5 Å². The van der Waals surface area contributed by atoms with Crippen molar-refractivity contribution >= 4 is 5.91 Å². The Hall–Kier alpha value is -2.58. The summed E-state index contributed by atoms with van der Waals surface area (Å²) in [5.74, 6) is -0.412. The summed E-state index contributed by atoms with van der Waals surface area (Å²) in [5, 5.41) is 4.15. The van der Waals surface area contributed by atoms with Crippen LogP contribution in [-0.4, -0.2) is 65.4 Å². The summed E-state index contributed by atoms with van der Waals surface area (Å²) < 4.78 is 20.0. The summed E-state index contributed by atoms with van der Waals surface area (Å²) in [5.41, 5.74) is 0.635. The molecule has 144 valence electrons. The van der Waals surface area contributed by atoms with E-state index in [9.17, 15) is 14.0 Å². The lowest BCUT2D eigenvalue weighted by molar-refractivity contribution is 0.0617. The number of halogens is 1. The zero-order chi connectivity index (χ0) is 19.2. The highest BCUT2D eigenvalue weighted by Gasteiger charge is 2.24. The second-order valence-electron chi connectivity index (χ2n) is 6.43. The number of methoxy groups -OCH3 is 1. The molecule has 2 heterocycles. The number of piperazine rings is 1. The number of hydrogen-bond acceptors (Lipinski definition) is 5. The number of aromatic nitrogens is 2. The summed E-state index contributed by atoms with van der Waals surface area (Å²) in [4.78, 5) is 28.3. The highest BCUT2D eigenvalue weighted by molar-refractivity contribution is 5.92. The maximum atomic E-state index is 13.8. The number of carbonyl (C=O) groups is 1. The number of nitrogens with zero attached hydrogens (tertiary/aromatic N) is 4. The van der Waals surface area contributed by atoms with Gasteiger partial charge in [-0.15, -0.1) is 0 Å². The van der Waals surface area contributed by atoms with Gasteiger partial charge in [0.15, 0.2) is 0 Å². The molecule has 0 aliphatic carbocycles. The standard InChI is InChI=1S/C19H23FN4O3/c1-27-13-12-24-18(25)7-6-17(21-24)19(26)23-10-8-22(9-11-23)14-15-4-2-3-5-16(15)20/h2-7H,8-14H2,1H3. The SMILES string of the molecule is COCCn1nc(C(=O)N2CCN(Cc3ccccc3F)CC2)ccc1=O. The quantitative estimate of drug-likeness (QED) is 0.754. The average Bonchev–Trinajstić information content (AvgIpc) is 2.69. The van der Waals surface area contributed by atoms with Crippen molar-refractivity contribution in [2.45, 2.75) is 13.1 Å². The molecule has 1 amide bonds. The molecular weight excluding hydrogens is 351 g/mol. The van der Waals surface area contributed by atoms with Crippen LogP contribution in [0.2, 0.25) is 0 Å². The van der Waals surface area contributed by atoms with E-state index in [1.165, 1.54) is 22.9 Å². The summed E-state index contributed by atoms with van der Waals surface area (Å²) in [7, 11) is 1.54. The van der Waals surface area contributed by atoms with E-state index >= 15 is 0 Å². The third-order valence-corrected chi connectivity index (χ3v) is 4.60. The van der Waals surface area contributed by atoms with Crippen molar-refractivity contribution in [2.24, 2.45) is 0 Å². The Kier molecular flexibility index (Phi) is 6.31. The highest BCUT2D eigenvalue weighted by atomic mass is 19.1. The fourth-order valence-corrected chi connectivity index (χ4v) is 3.04. The van der Waals surface area contributed by atoms with Crippen LogP contribution in [-0.2, 0) is 17.8 Å². The van der Waals surface area contributed by atoms with Gasteiger partial charge in [0.05, 0.1) is 13.2 Å². The number of amides is 1. The van der Waals surface area contributed by atoms with Crippen LogP contribution in [0.4, 0.5) is 4.39 Å². The van der Waals surface area contributed by atoms with Gasteiger partial charge < -0.3 is 9.64 Å². The predicted molar refractivity (Wildman–Crippen MR) is 98.0 cm³/mol. The third-order valence-electron chi connectivity index (χ3n) is 4.60. The summed E-state index contributed by atoms with van der Waals surface area (Å²) >= 11 is 0. The van der Waals surface area contributed by atoms with Gasteiger partial charge in [-0.25, -0.2) is 9.07 Å². The fraction of sp³-hybridized carbons (Fsp3) is 0.421. The van der Waals surface area contributed by atoms with Crippen LogP contribution in [0, 0.1) is 5.82 Å². The summed E-state index contributed by atoms with van der Waals surface area (Å²) in [6, 6.07) is 9.54. The second-order valence-corrected chi connectivity index (χ2v) is 6.43. The van der Waals surface area contributed by atoms with E-state index in [-0.39, 0.29) is 23.0 Å². The van der Waals surface area contributed by atoms with Gasteiger partial charge in [-0.05, 0) is 12.1 Å². The van der Waals surface area contributed by atoms with Crippen LogP contribution >= 0.6 is 0 Å². The smallest absolute Gasteiger partial charge is 0.274 e. The first-order chi connectivity index (χ1) is 13.1. The molecule has 1 saturated heterocycles. The lowest BCUT2D eigenvalue weighted by Gasteiger charge is -2.34. The van der Waals surface area contributed by atoms with Crippen molar-refractivity contribution in [3.63, 3.8) is 0 Å². The molecule has 27 heavy (non-hydrogen) atoms. The minimum atomic E-state index is -0.265. The van der Waals surface area contributed by atoms with Gasteiger partial charge in [-0.1, -0.05) is 18.2 Å². The van der Waals surface area contributed by atoms with Crippen molar-refractivity contribution in [3.05, 3.63) is 63.8 Å². The van der Waals surface area contributed by atoms with Crippen molar-refractivity contribution in [2.75, 3.05) is 39.9 Å². The van der Waals surface area contributed by atoms with Gasteiger partial charge in [-0.2, -0.15) is 5.10 Å². The minimum Gasteiger partial charge on any atom is -0.383 e. The maximum absolute atomic E-state index is 13.8. The summed E-state index contributed by atoms with van der Waals surface area (Å²) in [6.07, 6.45) is 0. The van der Waals surface area contributed by atoms with Crippen LogP contribution in [0.15, 0.2) is 41.2 Å². The number of ether oxygens (including phenoxy) is 1. The lowest BCUT2D eigenvalue weighted by Crippen LogP contribution is -2.48. The van der Waals surface area contributed by atoms with Crippen LogP contribution in [0.3, 0.4) is 0 Å². The normalized spacial score (nSPS) is 15.1. The summed E-state index contributed by atoms with van der Waals surface area (Å²) in [6.45, 7) is 3.55. The van der Waals surface area contributed by atoms with Crippen LogP contribution in [0.5, 0.6) is 0 Å². The predicted octanol–water partition coefficient (Wildman–Crippen LogP) is 0.987. The molecule has 0 radical (unpaired) electrons. The average molecular weight is 374 g/mol. The maximum Gasteiger partial charge on any atom is 0.274 e. The number of benzene rings is 1. The third kappa shape index (κ3) is 4.78. The number of rotatable bonds is 6. The first kappa shape index (κ1) is 19.2. The molecule has 1 aromatic heterocycles. The van der Waals surface area contributed by atoms with E-state index in [0.717, 1.165) is 0 Å². The van der Waals surface area contributed by atoms with E-state index in [4.69, 9.17) is 4.74 Å². The van der Waals surface area contributed by atoms with Crippen LogP contribution < -0.4 is 5.56 Å². The van der Waals surface area contributed by atoms with Gasteiger partial charge in [0.2, 0.25) is 0 Å². The lowest BCUT2D eigenvalue weighted by atomic mass is 10.2. The van der Waals surface area contributed by atoms with Gasteiger partial charge >= 0.3 is 0 Å². The van der Waals surface area contributed by atoms with Gasteiger partial charge in [0.1, 0.15) is 11.5 Å². The molecular formula is C19H23FN4O3. The Morgan fingerprint density at radius 2 is 1.89 bits per heavy atom. The molecule has 1 fully saturated rings. The van der Waals surface area contributed by atoms with Crippen molar-refractivity contribution in [1.82, 2.24) is 19.6 Å². The molecule has 8 heteroatoms.